The molecule has 1 aromatic carbocycles. The van der Waals surface area contributed by atoms with Gasteiger partial charge in [-0.1, -0.05) is 30.3 Å². The highest BCUT2D eigenvalue weighted by Crippen LogP contribution is 2.21. The number of amides is 1. The largest absolute Gasteiger partial charge is 0.339 e. The molecule has 1 aromatic rings. The second-order valence-corrected chi connectivity index (χ2v) is 8.87. The molecular formula is C18H27N3O3S. The van der Waals surface area contributed by atoms with Crippen molar-refractivity contribution in [2.45, 2.75) is 45.2 Å². The van der Waals surface area contributed by atoms with Gasteiger partial charge in [-0.3, -0.25) is 4.79 Å². The van der Waals surface area contributed by atoms with E-state index in [1.807, 2.05) is 42.2 Å². The van der Waals surface area contributed by atoms with E-state index in [-0.39, 0.29) is 18.5 Å². The standard InChI is InChI=1S/C18H27N3O3S/c1-16-8-5-6-13-21(16)18(22)15-20-12-7-11-19(25(20,23)24)14-17-9-3-2-4-10-17/h2-4,9-10,16H,5-8,11-15H2,1H3/t16-/m1/s1. The lowest BCUT2D eigenvalue weighted by molar-refractivity contribution is -0.134. The normalized spacial score (nSPS) is 25.0. The van der Waals surface area contributed by atoms with Crippen molar-refractivity contribution < 1.29 is 13.2 Å². The minimum absolute atomic E-state index is 0.0437. The summed E-state index contributed by atoms with van der Waals surface area (Å²) in [6.07, 6.45) is 3.88. The lowest BCUT2D eigenvalue weighted by Gasteiger charge is -2.38. The van der Waals surface area contributed by atoms with Crippen LogP contribution < -0.4 is 0 Å². The summed E-state index contributed by atoms with van der Waals surface area (Å²) in [6.45, 7) is 4.01. The first-order chi connectivity index (χ1) is 12.0. The van der Waals surface area contributed by atoms with E-state index in [0.717, 1.165) is 37.8 Å². The molecule has 0 spiro atoms. The topological polar surface area (TPSA) is 60.9 Å². The second kappa shape index (κ2) is 7.85. The lowest BCUT2D eigenvalue weighted by Crippen LogP contribution is -2.54. The van der Waals surface area contributed by atoms with Crippen LogP contribution in [0.2, 0.25) is 0 Å². The van der Waals surface area contributed by atoms with Crippen LogP contribution in [0.15, 0.2) is 30.3 Å². The number of hydrogen-bond acceptors (Lipinski definition) is 3. The maximum Gasteiger partial charge on any atom is 0.282 e. The molecule has 6 nitrogen and oxygen atoms in total. The molecule has 0 aliphatic carbocycles. The Bertz CT molecular complexity index is 693. The zero-order valence-electron chi connectivity index (χ0n) is 14.8. The van der Waals surface area contributed by atoms with Crippen molar-refractivity contribution in [2.75, 3.05) is 26.2 Å². The number of rotatable bonds is 4. The van der Waals surface area contributed by atoms with Crippen LogP contribution in [0.3, 0.4) is 0 Å². The van der Waals surface area contributed by atoms with Gasteiger partial charge in [-0.25, -0.2) is 0 Å². The maximum atomic E-state index is 12.9. The van der Waals surface area contributed by atoms with E-state index in [1.54, 1.807) is 0 Å². The van der Waals surface area contributed by atoms with E-state index in [1.165, 1.54) is 8.61 Å². The molecule has 1 amide bonds. The Hall–Kier alpha value is -1.44. The fourth-order valence-corrected chi connectivity index (χ4v) is 5.27. The average molecular weight is 365 g/mol. The second-order valence-electron chi connectivity index (χ2n) is 6.95. The van der Waals surface area contributed by atoms with Crippen molar-refractivity contribution in [3.8, 4) is 0 Å². The van der Waals surface area contributed by atoms with Crippen molar-refractivity contribution in [3.05, 3.63) is 35.9 Å². The molecule has 3 rings (SSSR count). The Balaban J connectivity index is 1.68. The first-order valence-electron chi connectivity index (χ1n) is 9.07. The zero-order chi connectivity index (χ0) is 17.9. The Morgan fingerprint density at radius 2 is 1.76 bits per heavy atom. The third-order valence-corrected chi connectivity index (χ3v) is 7.03. The fraction of sp³-hybridized carbons (Fsp3) is 0.611. The van der Waals surface area contributed by atoms with Crippen molar-refractivity contribution >= 4 is 16.1 Å². The molecule has 0 N–H and O–H groups in total. The summed E-state index contributed by atoms with van der Waals surface area (Å²) in [5, 5.41) is 0. The van der Waals surface area contributed by atoms with Crippen LogP contribution in [0, 0.1) is 0 Å². The van der Waals surface area contributed by atoms with E-state index in [4.69, 9.17) is 0 Å². The van der Waals surface area contributed by atoms with Gasteiger partial charge in [0.25, 0.3) is 10.2 Å². The molecule has 138 valence electrons. The highest BCUT2D eigenvalue weighted by molar-refractivity contribution is 7.86. The monoisotopic (exact) mass is 365 g/mol. The average Bonchev–Trinajstić information content (AvgIpc) is 2.60. The molecule has 0 unspecified atom stereocenters. The summed E-state index contributed by atoms with van der Waals surface area (Å²) in [4.78, 5) is 14.5. The number of nitrogens with zero attached hydrogens (tertiary/aromatic N) is 3. The molecule has 2 saturated heterocycles. The maximum absolute atomic E-state index is 12.9. The van der Waals surface area contributed by atoms with E-state index in [9.17, 15) is 13.2 Å². The highest BCUT2D eigenvalue weighted by Gasteiger charge is 2.36. The predicted octanol–water partition coefficient (Wildman–Crippen LogP) is 1.84. The number of piperidine rings is 1. The van der Waals surface area contributed by atoms with Crippen LogP contribution in [0.25, 0.3) is 0 Å². The molecule has 2 fully saturated rings. The molecule has 25 heavy (non-hydrogen) atoms. The van der Waals surface area contributed by atoms with Crippen LogP contribution in [0.5, 0.6) is 0 Å². The van der Waals surface area contributed by atoms with Gasteiger partial charge in [-0.15, -0.1) is 0 Å². The van der Waals surface area contributed by atoms with Crippen molar-refractivity contribution in [3.63, 3.8) is 0 Å². The third-order valence-electron chi connectivity index (χ3n) is 5.10. The molecule has 0 bridgehead atoms. The van der Waals surface area contributed by atoms with E-state index < -0.39 is 10.2 Å². The Kier molecular flexibility index (Phi) is 5.76. The van der Waals surface area contributed by atoms with Crippen LogP contribution in [-0.2, 0) is 21.5 Å². The predicted molar refractivity (Wildman–Crippen MR) is 97.0 cm³/mol. The molecule has 0 saturated carbocycles. The Labute approximate surface area is 150 Å². The van der Waals surface area contributed by atoms with Crippen molar-refractivity contribution in [1.29, 1.82) is 0 Å². The summed E-state index contributed by atoms with van der Waals surface area (Å²) < 4.78 is 28.6. The lowest BCUT2D eigenvalue weighted by atomic mass is 10.0. The smallest absolute Gasteiger partial charge is 0.282 e. The minimum Gasteiger partial charge on any atom is -0.339 e. The van der Waals surface area contributed by atoms with Crippen molar-refractivity contribution in [1.82, 2.24) is 13.5 Å². The molecule has 2 aliphatic rings. The van der Waals surface area contributed by atoms with Crippen LogP contribution >= 0.6 is 0 Å². The van der Waals surface area contributed by atoms with Crippen LogP contribution in [0.4, 0.5) is 0 Å². The number of carbonyl (C=O) groups is 1. The highest BCUT2D eigenvalue weighted by atomic mass is 32.2. The molecule has 2 aliphatic heterocycles. The Morgan fingerprint density at radius 1 is 1.04 bits per heavy atom. The van der Waals surface area contributed by atoms with Gasteiger partial charge >= 0.3 is 0 Å². The first kappa shape index (κ1) is 18.4. The fourth-order valence-electron chi connectivity index (χ4n) is 3.64. The number of hydrogen-bond donors (Lipinski definition) is 0. The number of benzene rings is 1. The zero-order valence-corrected chi connectivity index (χ0v) is 15.6. The molecule has 2 heterocycles. The molecule has 0 radical (unpaired) electrons. The van der Waals surface area contributed by atoms with Gasteiger partial charge in [-0.2, -0.15) is 17.0 Å². The molecule has 1 atom stereocenters. The van der Waals surface area contributed by atoms with E-state index >= 15 is 0 Å². The van der Waals surface area contributed by atoms with Gasteiger partial charge in [-0.05, 0) is 38.2 Å². The minimum atomic E-state index is -3.59. The third kappa shape index (κ3) is 4.22. The van der Waals surface area contributed by atoms with Gasteiger partial charge < -0.3 is 4.90 Å². The molecular weight excluding hydrogens is 338 g/mol. The van der Waals surface area contributed by atoms with Crippen LogP contribution in [-0.4, -0.2) is 60.1 Å². The van der Waals surface area contributed by atoms with Gasteiger partial charge in [0.15, 0.2) is 0 Å². The first-order valence-corrected chi connectivity index (χ1v) is 10.5. The summed E-state index contributed by atoms with van der Waals surface area (Å²) in [6, 6.07) is 9.79. The quantitative estimate of drug-likeness (QED) is 0.818. The van der Waals surface area contributed by atoms with Gasteiger partial charge in [0.1, 0.15) is 0 Å². The summed E-state index contributed by atoms with van der Waals surface area (Å²) in [5.74, 6) is -0.0719. The SMILES string of the molecule is C[C@@H]1CCCCN1C(=O)CN1CCCN(Cc2ccccc2)S1(=O)=O. The van der Waals surface area contributed by atoms with Crippen LogP contribution in [0.1, 0.15) is 38.2 Å². The van der Waals surface area contributed by atoms with Crippen molar-refractivity contribution in [2.24, 2.45) is 0 Å². The number of carbonyl (C=O) groups excluding carboxylic acids is 1. The molecule has 7 heteroatoms. The Morgan fingerprint density at radius 3 is 2.48 bits per heavy atom. The summed E-state index contributed by atoms with van der Waals surface area (Å²) in [7, 11) is -3.59. The van der Waals surface area contributed by atoms with E-state index in [2.05, 4.69) is 0 Å². The summed E-state index contributed by atoms with van der Waals surface area (Å²) in [5.41, 5.74) is 0.962. The van der Waals surface area contributed by atoms with E-state index in [0.29, 0.717) is 19.6 Å². The van der Waals surface area contributed by atoms with Gasteiger partial charge in [0.05, 0.1) is 6.54 Å². The van der Waals surface area contributed by atoms with Gasteiger partial charge in [0.2, 0.25) is 5.91 Å². The number of likely N-dealkylation sites (tertiary alicyclic amines) is 1. The van der Waals surface area contributed by atoms with Gasteiger partial charge in [0, 0.05) is 32.2 Å². The molecule has 0 aromatic heterocycles. The summed E-state index contributed by atoms with van der Waals surface area (Å²) >= 11 is 0.